The maximum Gasteiger partial charge on any atom is 0.278 e. The lowest BCUT2D eigenvalue weighted by Gasteiger charge is -2.08. The average Bonchev–Trinajstić information content (AvgIpc) is 3.55. The molecule has 0 spiro atoms. The van der Waals surface area contributed by atoms with Gasteiger partial charge in [0.05, 0.1) is 13.4 Å². The van der Waals surface area contributed by atoms with Crippen molar-refractivity contribution in [2.45, 2.75) is 6.54 Å². The Labute approximate surface area is 200 Å². The predicted octanol–water partition coefficient (Wildman–Crippen LogP) is 5.05. The van der Waals surface area contributed by atoms with Crippen molar-refractivity contribution in [2.75, 3.05) is 12.4 Å². The fourth-order valence-corrected chi connectivity index (χ4v) is 3.48. The number of rotatable bonds is 7. The fourth-order valence-electron chi connectivity index (χ4n) is 3.48. The topological polar surface area (TPSA) is 95.1 Å². The van der Waals surface area contributed by atoms with Gasteiger partial charge in [0.25, 0.3) is 11.8 Å². The first-order valence-corrected chi connectivity index (χ1v) is 10.7. The van der Waals surface area contributed by atoms with Crippen molar-refractivity contribution in [1.82, 2.24) is 19.7 Å². The molecule has 0 aliphatic rings. The van der Waals surface area contributed by atoms with E-state index in [1.165, 1.54) is 12.1 Å². The number of carbonyl (C=O) groups is 1. The Bertz CT molecular complexity index is 1460. The minimum atomic E-state index is -0.371. The summed E-state index contributed by atoms with van der Waals surface area (Å²) in [5.74, 6) is 0.668. The largest absolute Gasteiger partial charge is 0.497 e. The van der Waals surface area contributed by atoms with Crippen LogP contribution >= 0.6 is 0 Å². The molecule has 0 aliphatic carbocycles. The lowest BCUT2D eigenvalue weighted by atomic mass is 10.1. The Hall–Kier alpha value is -4.79. The molecule has 35 heavy (non-hydrogen) atoms. The molecular weight excluding hydrogens is 449 g/mol. The van der Waals surface area contributed by atoms with Gasteiger partial charge in [-0.3, -0.25) is 4.79 Å². The number of benzene rings is 3. The molecule has 0 saturated carbocycles. The molecule has 1 N–H and O–H groups in total. The minimum absolute atomic E-state index is 0.197. The summed E-state index contributed by atoms with van der Waals surface area (Å²) in [6.07, 6.45) is 3.46. The number of nitrogens with one attached hydrogen (secondary N) is 1. The van der Waals surface area contributed by atoms with Crippen molar-refractivity contribution in [3.63, 3.8) is 0 Å². The molecule has 174 valence electrons. The van der Waals surface area contributed by atoms with E-state index in [2.05, 4.69) is 20.4 Å². The summed E-state index contributed by atoms with van der Waals surface area (Å²) in [5, 5.41) is 6.80. The average molecular weight is 469 g/mol. The van der Waals surface area contributed by atoms with Crippen LogP contribution < -0.4 is 10.1 Å². The van der Waals surface area contributed by atoms with Crippen LogP contribution in [0.5, 0.6) is 5.75 Å². The van der Waals surface area contributed by atoms with Crippen LogP contribution in [0.3, 0.4) is 0 Å². The third kappa shape index (κ3) is 5.09. The van der Waals surface area contributed by atoms with Gasteiger partial charge in [-0.1, -0.05) is 29.4 Å². The van der Waals surface area contributed by atoms with Gasteiger partial charge in [-0.2, -0.15) is 4.98 Å². The van der Waals surface area contributed by atoms with Crippen LogP contribution in [0, 0.1) is 5.82 Å². The molecule has 5 rings (SSSR count). The van der Waals surface area contributed by atoms with Crippen LogP contribution in [0.15, 0.2) is 89.8 Å². The number of anilines is 1. The molecule has 0 saturated heterocycles. The molecular formula is C26H20FN5O3. The smallest absolute Gasteiger partial charge is 0.278 e. The predicted molar refractivity (Wildman–Crippen MR) is 127 cm³/mol. The van der Waals surface area contributed by atoms with E-state index in [9.17, 15) is 9.18 Å². The van der Waals surface area contributed by atoms with Gasteiger partial charge in [0, 0.05) is 29.6 Å². The zero-order valence-corrected chi connectivity index (χ0v) is 18.7. The Morgan fingerprint density at radius 2 is 1.89 bits per heavy atom. The van der Waals surface area contributed by atoms with E-state index in [4.69, 9.17) is 9.26 Å². The van der Waals surface area contributed by atoms with Crippen molar-refractivity contribution in [2.24, 2.45) is 0 Å². The van der Waals surface area contributed by atoms with E-state index in [0.29, 0.717) is 40.6 Å². The Balaban J connectivity index is 1.22. The number of carbonyl (C=O) groups excluding carboxylic acids is 1. The molecule has 0 bridgehead atoms. The van der Waals surface area contributed by atoms with Crippen molar-refractivity contribution in [3.05, 3.63) is 102 Å². The van der Waals surface area contributed by atoms with Crippen LogP contribution in [-0.4, -0.2) is 32.7 Å². The highest BCUT2D eigenvalue weighted by Crippen LogP contribution is 2.22. The van der Waals surface area contributed by atoms with Gasteiger partial charge in [-0.15, -0.1) is 0 Å². The SMILES string of the molecule is COc1ccc(C(=O)Nc2ccc(Cn3cnc(-c4nc(-c5cccc(F)c5)no4)c3)cc2)cc1. The molecule has 1 amide bonds. The van der Waals surface area contributed by atoms with E-state index in [1.807, 2.05) is 28.8 Å². The number of halogens is 1. The minimum Gasteiger partial charge on any atom is -0.497 e. The van der Waals surface area contributed by atoms with Crippen LogP contribution in [-0.2, 0) is 6.54 Å². The number of methoxy groups -OCH3 is 1. The maximum atomic E-state index is 13.5. The zero-order valence-electron chi connectivity index (χ0n) is 18.7. The van der Waals surface area contributed by atoms with Gasteiger partial charge in [-0.25, -0.2) is 9.37 Å². The number of ether oxygens (including phenoxy) is 1. The number of nitrogens with zero attached hydrogens (tertiary/aromatic N) is 4. The van der Waals surface area contributed by atoms with E-state index in [1.54, 1.807) is 56.0 Å². The summed E-state index contributed by atoms with van der Waals surface area (Å²) in [4.78, 5) is 21.1. The number of amides is 1. The quantitative estimate of drug-likeness (QED) is 0.359. The van der Waals surface area contributed by atoms with E-state index >= 15 is 0 Å². The van der Waals surface area contributed by atoms with Gasteiger partial charge in [0.1, 0.15) is 17.3 Å². The molecule has 2 aromatic heterocycles. The lowest BCUT2D eigenvalue weighted by molar-refractivity contribution is 0.102. The third-order valence-corrected chi connectivity index (χ3v) is 5.29. The molecule has 0 atom stereocenters. The van der Waals surface area contributed by atoms with Crippen molar-refractivity contribution in [3.8, 4) is 28.7 Å². The highest BCUT2D eigenvalue weighted by molar-refractivity contribution is 6.04. The molecule has 0 radical (unpaired) electrons. The van der Waals surface area contributed by atoms with Crippen molar-refractivity contribution < 1.29 is 18.4 Å². The van der Waals surface area contributed by atoms with Crippen LogP contribution in [0.2, 0.25) is 0 Å². The zero-order chi connectivity index (χ0) is 24.2. The first kappa shape index (κ1) is 22.0. The molecule has 9 heteroatoms. The molecule has 2 heterocycles. The van der Waals surface area contributed by atoms with Gasteiger partial charge < -0.3 is 19.1 Å². The molecule has 0 aliphatic heterocycles. The lowest BCUT2D eigenvalue weighted by Crippen LogP contribution is -2.11. The monoisotopic (exact) mass is 469 g/mol. The highest BCUT2D eigenvalue weighted by atomic mass is 19.1. The second kappa shape index (κ2) is 9.60. The summed E-state index contributed by atoms with van der Waals surface area (Å²) < 4.78 is 25.8. The molecule has 3 aromatic carbocycles. The summed E-state index contributed by atoms with van der Waals surface area (Å²) in [6, 6.07) is 20.5. The van der Waals surface area contributed by atoms with Gasteiger partial charge in [0.15, 0.2) is 0 Å². The Morgan fingerprint density at radius 1 is 1.09 bits per heavy atom. The number of aromatic nitrogens is 4. The van der Waals surface area contributed by atoms with Crippen LogP contribution in [0.1, 0.15) is 15.9 Å². The fraction of sp³-hybridized carbons (Fsp3) is 0.0769. The Morgan fingerprint density at radius 3 is 2.63 bits per heavy atom. The first-order chi connectivity index (χ1) is 17.1. The van der Waals surface area contributed by atoms with Crippen LogP contribution in [0.25, 0.3) is 23.0 Å². The second-order valence-corrected chi connectivity index (χ2v) is 7.74. The van der Waals surface area contributed by atoms with Crippen molar-refractivity contribution >= 4 is 11.6 Å². The maximum absolute atomic E-state index is 13.5. The van der Waals surface area contributed by atoms with Gasteiger partial charge in [0.2, 0.25) is 5.82 Å². The van der Waals surface area contributed by atoms with E-state index in [-0.39, 0.29) is 17.6 Å². The number of hydrogen-bond donors (Lipinski definition) is 1. The third-order valence-electron chi connectivity index (χ3n) is 5.29. The first-order valence-electron chi connectivity index (χ1n) is 10.7. The summed E-state index contributed by atoms with van der Waals surface area (Å²) in [6.45, 7) is 0.560. The van der Waals surface area contributed by atoms with Crippen LogP contribution in [0.4, 0.5) is 10.1 Å². The standard InChI is InChI=1S/C26H20FN5O3/c1-34-22-11-7-18(8-12-22)25(33)29-21-9-5-17(6-10-21)14-32-15-23(28-16-32)26-30-24(31-35-26)19-3-2-4-20(27)13-19/h2-13,15-16H,14H2,1H3,(H,29,33). The molecule has 5 aromatic rings. The normalized spacial score (nSPS) is 10.8. The summed E-state index contributed by atoms with van der Waals surface area (Å²) in [7, 11) is 1.58. The van der Waals surface area contributed by atoms with Gasteiger partial charge in [-0.05, 0) is 54.1 Å². The molecule has 0 unspecified atom stereocenters. The number of hydrogen-bond acceptors (Lipinski definition) is 6. The molecule has 0 fully saturated rings. The second-order valence-electron chi connectivity index (χ2n) is 7.74. The summed E-state index contributed by atoms with van der Waals surface area (Å²) >= 11 is 0. The number of imidazole rings is 1. The summed E-state index contributed by atoms with van der Waals surface area (Å²) in [5.41, 5.74) is 3.29. The molecule has 8 nitrogen and oxygen atoms in total. The van der Waals surface area contributed by atoms with Gasteiger partial charge >= 0.3 is 0 Å². The van der Waals surface area contributed by atoms with E-state index in [0.717, 1.165) is 5.56 Å². The Kier molecular flexibility index (Phi) is 6.04. The highest BCUT2D eigenvalue weighted by Gasteiger charge is 2.14. The van der Waals surface area contributed by atoms with Crippen molar-refractivity contribution in [1.29, 1.82) is 0 Å². The van der Waals surface area contributed by atoms with E-state index < -0.39 is 0 Å².